The minimum atomic E-state index is -3.21. The quantitative estimate of drug-likeness (QED) is 0.0495. The third-order valence-electron chi connectivity index (χ3n) is 12.7. The molecule has 8 N–H and O–H groups in total. The van der Waals surface area contributed by atoms with Crippen LogP contribution in [0.25, 0.3) is 0 Å². The Hall–Kier alpha value is -4.07. The van der Waals surface area contributed by atoms with Gasteiger partial charge in [-0.1, -0.05) is 74.1 Å². The second-order valence-corrected chi connectivity index (χ2v) is 27.5. The number of likely N-dealkylation sites (N-methyl/N-ethyl adjacent to an activating group) is 1. The molecule has 0 saturated carbocycles. The van der Waals surface area contributed by atoms with E-state index in [1.165, 1.54) is 17.1 Å². The van der Waals surface area contributed by atoms with Crippen molar-refractivity contribution in [1.82, 2.24) is 62.4 Å². The number of carbonyl (C=O) groups is 6. The highest BCUT2D eigenvalue weighted by atomic mass is 28.5. The van der Waals surface area contributed by atoms with Gasteiger partial charge < -0.3 is 65.3 Å². The Morgan fingerprint density at radius 3 is 1.72 bits per heavy atom. The van der Waals surface area contributed by atoms with Crippen LogP contribution in [0.5, 0.6) is 0 Å². The van der Waals surface area contributed by atoms with E-state index in [4.69, 9.17) is 13.0 Å². The van der Waals surface area contributed by atoms with Gasteiger partial charge in [0.25, 0.3) is 0 Å². The molecule has 4 unspecified atom stereocenters. The third kappa shape index (κ3) is 21.4. The van der Waals surface area contributed by atoms with Crippen LogP contribution < -0.4 is 42.5 Å². The van der Waals surface area contributed by atoms with Crippen molar-refractivity contribution in [3.8, 4) is 0 Å². The number of urea groups is 6. The molecule has 4 atom stereocenters. The maximum absolute atomic E-state index is 14.2. The summed E-state index contributed by atoms with van der Waals surface area (Å²) >= 11 is 0. The molecule has 69 heavy (non-hydrogen) atoms. The summed E-state index contributed by atoms with van der Waals surface area (Å²) in [6.45, 7) is 24.7. The molecule has 400 valence electrons. The highest BCUT2D eigenvalue weighted by Crippen LogP contribution is 2.47. The first-order chi connectivity index (χ1) is 32.8. The van der Waals surface area contributed by atoms with Crippen LogP contribution in [0, 0.1) is 0 Å². The monoisotopic (exact) mass is 1010 g/mol. The van der Waals surface area contributed by atoms with Gasteiger partial charge in [-0.15, -0.1) is 0 Å². The third-order valence-corrected chi connectivity index (χ3v) is 22.6. The summed E-state index contributed by atoms with van der Waals surface area (Å²) < 4.78 is 21.3. The lowest BCUT2D eigenvalue weighted by atomic mass is 10.2. The van der Waals surface area contributed by atoms with Gasteiger partial charge in [0.2, 0.25) is 0 Å². The summed E-state index contributed by atoms with van der Waals surface area (Å²) in [5, 5.41) is 25.7. The van der Waals surface area contributed by atoms with Crippen LogP contribution in [-0.4, -0.2) is 177 Å². The Balaban J connectivity index is 2.32. The number of hydrazine groups is 1. The topological polar surface area (TPSA) is 239 Å². The first-order valence-corrected chi connectivity index (χ1v) is 30.1. The molecule has 2 aliphatic heterocycles. The van der Waals surface area contributed by atoms with E-state index in [-0.39, 0.29) is 80.8 Å². The fourth-order valence-electron chi connectivity index (χ4n) is 7.91. The molecule has 0 spiro atoms. The number of nitrogens with one attached hydrogen (secondary N) is 8. The summed E-state index contributed by atoms with van der Waals surface area (Å²) in [5.41, 5.74) is -0.0426. The minimum absolute atomic E-state index is 0.0126. The van der Waals surface area contributed by atoms with E-state index in [1.807, 2.05) is 34.6 Å². The van der Waals surface area contributed by atoms with Gasteiger partial charge in [-0.2, -0.15) is 0 Å². The van der Waals surface area contributed by atoms with Crippen molar-refractivity contribution in [3.05, 3.63) is 0 Å². The van der Waals surface area contributed by atoms with Gasteiger partial charge in [-0.3, -0.25) is 0 Å². The molecule has 0 radical (unpaired) electrons. The zero-order valence-electron chi connectivity index (χ0n) is 44.4. The fraction of sp³-hybridized carbons (Fsp3) is 0.870. The van der Waals surface area contributed by atoms with Gasteiger partial charge in [0, 0.05) is 84.1 Å². The molecule has 0 aromatic carbocycles. The normalized spacial score (nSPS) is 22.3. The van der Waals surface area contributed by atoms with E-state index in [0.29, 0.717) is 64.7 Å². The lowest BCUT2D eigenvalue weighted by Gasteiger charge is -2.46. The zero-order valence-corrected chi connectivity index (χ0v) is 46.4. The summed E-state index contributed by atoms with van der Waals surface area (Å²) in [6, 6.07) is -1.40. The van der Waals surface area contributed by atoms with Crippen molar-refractivity contribution in [3.63, 3.8) is 0 Å². The molecule has 2 fully saturated rings. The SMILES string of the molecule is CCCNC(=O)NCCCCCCNC(=O)N1CCN(CC)C(=O)NC[Si]2(C(C)C)OC(C)C(C)O[Si](C(C)(C)C)(CCCNC(=O)N(N(C)C(=O)NCCCCCCNC(=O)NCCC)CC1)O2. The molecule has 0 aromatic heterocycles. The average Bonchev–Trinajstić information content (AvgIpc) is 3.42. The van der Waals surface area contributed by atoms with Crippen molar-refractivity contribution in [1.29, 1.82) is 0 Å². The van der Waals surface area contributed by atoms with E-state index < -0.39 is 34.2 Å². The Morgan fingerprint density at radius 1 is 0.696 bits per heavy atom. The van der Waals surface area contributed by atoms with Crippen molar-refractivity contribution in [2.75, 3.05) is 91.8 Å². The number of unbranched alkanes of at least 4 members (excludes halogenated alkanes) is 6. The number of hydrogen-bond acceptors (Lipinski definition) is 9. The number of amides is 12. The van der Waals surface area contributed by atoms with Crippen molar-refractivity contribution < 1.29 is 41.7 Å². The molecule has 23 heteroatoms. The molecule has 2 rings (SSSR count). The van der Waals surface area contributed by atoms with E-state index >= 15 is 0 Å². The summed E-state index contributed by atoms with van der Waals surface area (Å²) in [5.74, 6) is 0. The summed E-state index contributed by atoms with van der Waals surface area (Å²) in [7, 11) is -4.83. The lowest BCUT2D eigenvalue weighted by Crippen LogP contribution is -2.64. The highest BCUT2D eigenvalue weighted by Gasteiger charge is 2.60. The number of rotatable bonds is 21. The molecule has 0 aliphatic carbocycles. The molecule has 2 bridgehead atoms. The van der Waals surface area contributed by atoms with E-state index in [9.17, 15) is 28.8 Å². The molecular formula is C46H94N12O9Si2. The second-order valence-electron chi connectivity index (χ2n) is 19.6. The molecule has 21 nitrogen and oxygen atoms in total. The molecule has 12 amide bonds. The van der Waals surface area contributed by atoms with E-state index in [0.717, 1.165) is 57.8 Å². The zero-order chi connectivity index (χ0) is 51.5. The number of fused-ring (bicyclic) bond motifs is 2. The van der Waals surface area contributed by atoms with Gasteiger partial charge >= 0.3 is 53.3 Å². The first-order valence-electron chi connectivity index (χ1n) is 26.0. The lowest BCUT2D eigenvalue weighted by molar-refractivity contribution is 0.0595. The molecule has 0 aromatic rings. The Morgan fingerprint density at radius 2 is 1.20 bits per heavy atom. The van der Waals surface area contributed by atoms with Gasteiger partial charge in [0.1, 0.15) is 0 Å². The second kappa shape index (κ2) is 32.0. The highest BCUT2D eigenvalue weighted by molar-refractivity contribution is 6.83. The van der Waals surface area contributed by atoms with Crippen molar-refractivity contribution in [2.24, 2.45) is 0 Å². The molecular weight excluding hydrogens is 921 g/mol. The van der Waals surface area contributed by atoms with Crippen LogP contribution in [0.2, 0.25) is 16.6 Å². The van der Waals surface area contributed by atoms with Crippen LogP contribution in [0.15, 0.2) is 0 Å². The Labute approximate surface area is 416 Å². The minimum Gasteiger partial charge on any atom is -0.413 e. The van der Waals surface area contributed by atoms with Crippen molar-refractivity contribution in [2.45, 2.75) is 169 Å². The maximum atomic E-state index is 14.2. The van der Waals surface area contributed by atoms with Gasteiger partial charge in [0.05, 0.1) is 24.9 Å². The van der Waals surface area contributed by atoms with Crippen molar-refractivity contribution >= 4 is 53.3 Å². The summed E-state index contributed by atoms with van der Waals surface area (Å²) in [6.07, 6.45) is 8.43. The predicted octanol–water partition coefficient (Wildman–Crippen LogP) is 6.01. The van der Waals surface area contributed by atoms with E-state index in [1.54, 1.807) is 9.80 Å². The van der Waals surface area contributed by atoms with Crippen LogP contribution in [0.4, 0.5) is 28.8 Å². The van der Waals surface area contributed by atoms with E-state index in [2.05, 4.69) is 77.2 Å². The Bertz CT molecular complexity index is 1570. The largest absolute Gasteiger partial charge is 0.413 e. The van der Waals surface area contributed by atoms with Crippen LogP contribution in [-0.2, 0) is 13.0 Å². The van der Waals surface area contributed by atoms with Crippen LogP contribution in [0.3, 0.4) is 0 Å². The van der Waals surface area contributed by atoms with Crippen LogP contribution in [0.1, 0.15) is 140 Å². The Kier molecular flexibility index (Phi) is 28.3. The van der Waals surface area contributed by atoms with Gasteiger partial charge in [-0.25, -0.2) is 38.8 Å². The predicted molar refractivity (Wildman–Crippen MR) is 275 cm³/mol. The number of hydrogen-bond donors (Lipinski definition) is 8. The average molecular weight is 1020 g/mol. The van der Waals surface area contributed by atoms with Gasteiger partial charge in [0.15, 0.2) is 0 Å². The number of nitrogens with zero attached hydrogens (tertiary/aromatic N) is 4. The fourth-order valence-corrected chi connectivity index (χ4v) is 18.0. The number of carbonyl (C=O) groups excluding carboxylic acids is 6. The van der Waals surface area contributed by atoms with Crippen LogP contribution >= 0.6 is 0 Å². The standard InChI is InChI=1S/C46H94N12O9Si2/c1-12-24-47-40(59)49-26-19-15-17-21-28-51-42(61)55(11)58-34-33-57(43(62)52-29-22-18-16-20-27-50-41(60)48-25-13-2)32-31-56(14-3)44(63)54-36-68(37(4)5)65-38(6)39(7)66-69(67-68,46(8,9)10)35-23-30-53-45(58)64/h37-39H,12-36H2,1-11H3,(H,51,61)(H,52,62)(H,53,64)(H,54,63)(H2,47,49,59)(H2,48,50,60). The first kappa shape index (κ1) is 61.1. The maximum Gasteiger partial charge on any atom is 0.352 e. The molecule has 2 heterocycles. The van der Waals surface area contributed by atoms with Gasteiger partial charge in [-0.05, 0) is 77.3 Å². The molecule has 2 aliphatic rings. The summed E-state index contributed by atoms with van der Waals surface area (Å²) in [4.78, 5) is 82.8. The smallest absolute Gasteiger partial charge is 0.352 e. The molecule has 2 saturated heterocycles.